The van der Waals surface area contributed by atoms with Crippen molar-refractivity contribution >= 4 is 5.78 Å². The Hall–Kier alpha value is -2.69. The van der Waals surface area contributed by atoms with E-state index in [-0.39, 0.29) is 35.2 Å². The molecule has 0 aliphatic rings. The van der Waals surface area contributed by atoms with Gasteiger partial charge in [0.25, 0.3) is 0 Å². The Morgan fingerprint density at radius 2 is 1.55 bits per heavy atom. The van der Waals surface area contributed by atoms with Crippen LogP contribution in [0.2, 0.25) is 0 Å². The van der Waals surface area contributed by atoms with Crippen molar-refractivity contribution < 1.29 is 25.2 Å². The molecular weight excluding hydrogens is 260 g/mol. The first-order chi connectivity index (χ1) is 9.38. The second kappa shape index (κ2) is 5.13. The number of aromatic hydroxyl groups is 4. The van der Waals surface area contributed by atoms with Crippen molar-refractivity contribution in [3.05, 3.63) is 35.9 Å². The molecule has 5 heteroatoms. The lowest BCUT2D eigenvalue weighted by Gasteiger charge is -2.12. The maximum atomic E-state index is 11.3. The predicted octanol–water partition coefficient (Wildman–Crippen LogP) is 2.31. The molecule has 0 heterocycles. The van der Waals surface area contributed by atoms with Crippen LogP contribution in [-0.2, 0) is 11.2 Å². The van der Waals surface area contributed by atoms with Gasteiger partial charge in [-0.3, -0.25) is 4.79 Å². The Balaban J connectivity index is 2.64. The molecule has 0 unspecified atom stereocenters. The Bertz CT molecular complexity index is 676. The molecule has 0 fully saturated rings. The molecule has 0 saturated carbocycles. The molecule has 0 spiro atoms. The van der Waals surface area contributed by atoms with Gasteiger partial charge in [0.15, 0.2) is 11.5 Å². The molecular formula is C15H14O5. The number of carbonyl (C=O) groups is 1. The maximum absolute atomic E-state index is 11.3. The molecule has 2 aromatic carbocycles. The van der Waals surface area contributed by atoms with E-state index in [1.165, 1.54) is 31.2 Å². The largest absolute Gasteiger partial charge is 0.508 e. The van der Waals surface area contributed by atoms with E-state index in [2.05, 4.69) is 0 Å². The standard InChI is InChI=1S/C15H14O5/c1-8(16)4-9-5-14(19)15(20)7-12(9)11-3-2-10(17)6-13(11)18/h2-3,5-7,17-20H,4H2,1H3. The Kier molecular flexibility index (Phi) is 3.52. The van der Waals surface area contributed by atoms with Gasteiger partial charge in [0.05, 0.1) is 0 Å². The van der Waals surface area contributed by atoms with Gasteiger partial charge in [0.1, 0.15) is 17.3 Å². The van der Waals surface area contributed by atoms with Gasteiger partial charge in [-0.1, -0.05) is 0 Å². The Morgan fingerprint density at radius 3 is 2.15 bits per heavy atom. The van der Waals surface area contributed by atoms with Crippen LogP contribution < -0.4 is 0 Å². The third-order valence-corrected chi connectivity index (χ3v) is 2.91. The highest BCUT2D eigenvalue weighted by Gasteiger charge is 2.15. The van der Waals surface area contributed by atoms with Crippen LogP contribution in [0.3, 0.4) is 0 Å². The van der Waals surface area contributed by atoms with Crippen LogP contribution in [0.15, 0.2) is 30.3 Å². The summed E-state index contributed by atoms with van der Waals surface area (Å²) < 4.78 is 0. The van der Waals surface area contributed by atoms with Crippen LogP contribution >= 0.6 is 0 Å². The van der Waals surface area contributed by atoms with E-state index in [1.807, 2.05) is 0 Å². The van der Waals surface area contributed by atoms with E-state index in [9.17, 15) is 25.2 Å². The highest BCUT2D eigenvalue weighted by Crippen LogP contribution is 2.39. The summed E-state index contributed by atoms with van der Waals surface area (Å²) in [6.45, 7) is 1.41. The average molecular weight is 274 g/mol. The summed E-state index contributed by atoms with van der Waals surface area (Å²) in [5.74, 6) is -1.07. The Labute approximate surface area is 115 Å². The van der Waals surface area contributed by atoms with Gasteiger partial charge in [0.2, 0.25) is 0 Å². The third kappa shape index (κ3) is 2.66. The van der Waals surface area contributed by atoms with Crippen molar-refractivity contribution in [3.63, 3.8) is 0 Å². The minimum absolute atomic E-state index is 0.0590. The molecule has 0 aliphatic heterocycles. The molecule has 4 N–H and O–H groups in total. The zero-order chi connectivity index (χ0) is 14.9. The third-order valence-electron chi connectivity index (χ3n) is 2.91. The van der Waals surface area contributed by atoms with E-state index >= 15 is 0 Å². The highest BCUT2D eigenvalue weighted by atomic mass is 16.3. The van der Waals surface area contributed by atoms with Gasteiger partial charge < -0.3 is 20.4 Å². The van der Waals surface area contributed by atoms with Crippen molar-refractivity contribution in [1.82, 2.24) is 0 Å². The van der Waals surface area contributed by atoms with Crippen molar-refractivity contribution in [1.29, 1.82) is 0 Å². The number of phenolic OH excluding ortho intramolecular Hbond substituents is 4. The molecule has 5 nitrogen and oxygen atoms in total. The monoisotopic (exact) mass is 274 g/mol. The SMILES string of the molecule is CC(=O)Cc1cc(O)c(O)cc1-c1ccc(O)cc1O. The van der Waals surface area contributed by atoms with E-state index in [0.29, 0.717) is 16.7 Å². The van der Waals surface area contributed by atoms with Crippen LogP contribution in [0.5, 0.6) is 23.0 Å². The number of hydrogen-bond donors (Lipinski definition) is 4. The molecule has 0 aromatic heterocycles. The van der Waals surface area contributed by atoms with Crippen molar-refractivity contribution in [2.45, 2.75) is 13.3 Å². The summed E-state index contributed by atoms with van der Waals surface area (Å²) in [7, 11) is 0. The Morgan fingerprint density at radius 1 is 0.900 bits per heavy atom. The molecule has 0 radical (unpaired) electrons. The molecule has 0 aliphatic carbocycles. The topological polar surface area (TPSA) is 98.0 Å². The number of ketones is 1. The first kappa shape index (κ1) is 13.7. The van der Waals surface area contributed by atoms with Gasteiger partial charge in [0, 0.05) is 18.1 Å². The summed E-state index contributed by atoms with van der Waals surface area (Å²) in [6.07, 6.45) is 0.0590. The number of Topliss-reactive ketones (excluding diaryl/α,β-unsaturated/α-hetero) is 1. The summed E-state index contributed by atoms with van der Waals surface area (Å²) in [5, 5.41) is 38.3. The van der Waals surface area contributed by atoms with Crippen LogP contribution in [0.1, 0.15) is 12.5 Å². The number of carbonyl (C=O) groups excluding carboxylic acids is 1. The predicted molar refractivity (Wildman–Crippen MR) is 72.9 cm³/mol. The molecule has 0 amide bonds. The molecule has 2 aromatic rings. The quantitative estimate of drug-likeness (QED) is 0.644. The van der Waals surface area contributed by atoms with E-state index in [4.69, 9.17) is 0 Å². The minimum Gasteiger partial charge on any atom is -0.508 e. The van der Waals surface area contributed by atoms with Crippen LogP contribution in [0, 0.1) is 0 Å². The normalized spacial score (nSPS) is 10.4. The van der Waals surface area contributed by atoms with Crippen molar-refractivity contribution in [3.8, 4) is 34.1 Å². The fourth-order valence-electron chi connectivity index (χ4n) is 2.03. The fraction of sp³-hybridized carbons (Fsp3) is 0.133. The van der Waals surface area contributed by atoms with Crippen LogP contribution in [0.25, 0.3) is 11.1 Å². The summed E-state index contributed by atoms with van der Waals surface area (Å²) in [5.41, 5.74) is 1.26. The van der Waals surface area contributed by atoms with E-state index in [0.717, 1.165) is 6.07 Å². The lowest BCUT2D eigenvalue weighted by Crippen LogP contribution is -1.99. The zero-order valence-corrected chi connectivity index (χ0v) is 10.8. The lowest BCUT2D eigenvalue weighted by molar-refractivity contribution is -0.116. The van der Waals surface area contributed by atoms with Crippen LogP contribution in [0.4, 0.5) is 0 Å². The van der Waals surface area contributed by atoms with Gasteiger partial charge in [-0.25, -0.2) is 0 Å². The molecule has 20 heavy (non-hydrogen) atoms. The smallest absolute Gasteiger partial charge is 0.158 e. The van der Waals surface area contributed by atoms with E-state index < -0.39 is 0 Å². The number of benzene rings is 2. The summed E-state index contributed by atoms with van der Waals surface area (Å²) in [4.78, 5) is 11.3. The first-order valence-corrected chi connectivity index (χ1v) is 5.95. The number of phenols is 4. The molecule has 0 saturated heterocycles. The van der Waals surface area contributed by atoms with Crippen molar-refractivity contribution in [2.24, 2.45) is 0 Å². The minimum atomic E-state index is -0.347. The molecule has 104 valence electrons. The average Bonchev–Trinajstić information content (AvgIpc) is 2.33. The fourth-order valence-corrected chi connectivity index (χ4v) is 2.03. The second-order valence-electron chi connectivity index (χ2n) is 4.58. The van der Waals surface area contributed by atoms with Gasteiger partial charge in [-0.2, -0.15) is 0 Å². The van der Waals surface area contributed by atoms with Gasteiger partial charge in [-0.15, -0.1) is 0 Å². The van der Waals surface area contributed by atoms with Gasteiger partial charge >= 0.3 is 0 Å². The summed E-state index contributed by atoms with van der Waals surface area (Å²) in [6, 6.07) is 6.59. The zero-order valence-electron chi connectivity index (χ0n) is 10.8. The maximum Gasteiger partial charge on any atom is 0.158 e. The molecule has 2 rings (SSSR count). The molecule has 0 bridgehead atoms. The second-order valence-corrected chi connectivity index (χ2v) is 4.58. The first-order valence-electron chi connectivity index (χ1n) is 5.95. The van der Waals surface area contributed by atoms with Gasteiger partial charge in [-0.05, 0) is 42.3 Å². The number of hydrogen-bond acceptors (Lipinski definition) is 5. The van der Waals surface area contributed by atoms with Crippen molar-refractivity contribution in [2.75, 3.05) is 0 Å². The molecule has 0 atom stereocenters. The highest BCUT2D eigenvalue weighted by molar-refractivity contribution is 5.84. The summed E-state index contributed by atoms with van der Waals surface area (Å²) >= 11 is 0. The van der Waals surface area contributed by atoms with Crippen LogP contribution in [-0.4, -0.2) is 26.2 Å². The lowest BCUT2D eigenvalue weighted by atomic mass is 9.95. The van der Waals surface area contributed by atoms with E-state index in [1.54, 1.807) is 0 Å². The number of rotatable bonds is 3.